The van der Waals surface area contributed by atoms with Crippen molar-refractivity contribution in [1.82, 2.24) is 4.98 Å². The second-order valence-corrected chi connectivity index (χ2v) is 7.30. The van der Waals surface area contributed by atoms with Gasteiger partial charge >= 0.3 is 0 Å². The summed E-state index contributed by atoms with van der Waals surface area (Å²) >= 11 is 0. The van der Waals surface area contributed by atoms with E-state index in [1.165, 1.54) is 0 Å². The molecule has 1 atom stereocenters. The van der Waals surface area contributed by atoms with E-state index in [2.05, 4.69) is 28.6 Å². The van der Waals surface area contributed by atoms with Crippen LogP contribution in [0.2, 0.25) is 0 Å². The first-order chi connectivity index (χ1) is 12.3. The SMILES string of the molecule is CC(Nc1ccc(N(C)CCO)cn1)c1ccc2c(c1)C(C)(C)C(=O)N2. The zero-order valence-electron chi connectivity index (χ0n) is 15.7. The van der Waals surface area contributed by atoms with Gasteiger partial charge in [-0.3, -0.25) is 4.79 Å². The number of nitrogens with one attached hydrogen (secondary N) is 2. The normalized spacial score (nSPS) is 16.0. The van der Waals surface area contributed by atoms with Gasteiger partial charge in [-0.15, -0.1) is 0 Å². The number of carbonyl (C=O) groups is 1. The molecule has 0 bridgehead atoms. The third kappa shape index (κ3) is 3.37. The predicted octanol–water partition coefficient (Wildman–Crippen LogP) is 2.91. The highest BCUT2D eigenvalue weighted by molar-refractivity contribution is 6.05. The van der Waals surface area contributed by atoms with Crippen LogP contribution in [0.4, 0.5) is 17.2 Å². The Kier molecular flexibility index (Phi) is 4.87. The van der Waals surface area contributed by atoms with Crippen molar-refractivity contribution in [3.8, 4) is 0 Å². The van der Waals surface area contributed by atoms with E-state index in [0.29, 0.717) is 6.54 Å². The van der Waals surface area contributed by atoms with E-state index in [-0.39, 0.29) is 18.6 Å². The average Bonchev–Trinajstić information content (AvgIpc) is 2.84. The molecule has 1 unspecified atom stereocenters. The first kappa shape index (κ1) is 18.2. The summed E-state index contributed by atoms with van der Waals surface area (Å²) in [4.78, 5) is 18.5. The number of amides is 1. The number of pyridine rings is 1. The molecule has 6 nitrogen and oxygen atoms in total. The zero-order chi connectivity index (χ0) is 18.9. The van der Waals surface area contributed by atoms with Gasteiger partial charge in [0.15, 0.2) is 0 Å². The minimum Gasteiger partial charge on any atom is -0.395 e. The van der Waals surface area contributed by atoms with Gasteiger partial charge in [-0.05, 0) is 50.1 Å². The summed E-state index contributed by atoms with van der Waals surface area (Å²) in [7, 11) is 1.92. The Morgan fingerprint density at radius 3 is 2.73 bits per heavy atom. The molecule has 1 amide bonds. The second-order valence-electron chi connectivity index (χ2n) is 7.30. The molecule has 26 heavy (non-hydrogen) atoms. The largest absolute Gasteiger partial charge is 0.395 e. The van der Waals surface area contributed by atoms with Gasteiger partial charge in [0.25, 0.3) is 0 Å². The molecule has 1 aromatic carbocycles. The fraction of sp³-hybridized carbons (Fsp3) is 0.400. The molecule has 0 saturated carbocycles. The molecule has 1 aliphatic rings. The highest BCUT2D eigenvalue weighted by Crippen LogP contribution is 2.38. The molecule has 2 aromatic rings. The number of aromatic nitrogens is 1. The number of hydrogen-bond donors (Lipinski definition) is 3. The van der Waals surface area contributed by atoms with Crippen LogP contribution in [0.25, 0.3) is 0 Å². The average molecular weight is 354 g/mol. The minimum atomic E-state index is -0.512. The van der Waals surface area contributed by atoms with Crippen molar-refractivity contribution < 1.29 is 9.90 Å². The highest BCUT2D eigenvalue weighted by Gasteiger charge is 2.38. The number of rotatable bonds is 6. The number of benzene rings is 1. The number of aliphatic hydroxyl groups excluding tert-OH is 1. The molecule has 0 fully saturated rings. The number of fused-ring (bicyclic) bond motifs is 1. The Morgan fingerprint density at radius 2 is 2.08 bits per heavy atom. The standard InChI is InChI=1S/C20H26N4O2/c1-13(22-18-8-6-15(12-21-18)24(4)9-10-25)14-5-7-17-16(11-14)20(2,3)19(26)23-17/h5-8,11-13,25H,9-10H2,1-4H3,(H,21,22)(H,23,26). The maximum absolute atomic E-state index is 12.1. The fourth-order valence-corrected chi connectivity index (χ4v) is 3.14. The van der Waals surface area contributed by atoms with Crippen molar-refractivity contribution in [2.45, 2.75) is 32.2 Å². The number of aliphatic hydroxyl groups is 1. The summed E-state index contributed by atoms with van der Waals surface area (Å²) in [5.74, 6) is 0.821. The van der Waals surface area contributed by atoms with E-state index in [1.54, 1.807) is 6.20 Å². The molecule has 0 saturated heterocycles. The molecule has 3 rings (SSSR count). The number of nitrogens with zero attached hydrogens (tertiary/aromatic N) is 2. The molecule has 3 N–H and O–H groups in total. The number of anilines is 3. The summed E-state index contributed by atoms with van der Waals surface area (Å²) in [6.07, 6.45) is 1.79. The Bertz CT molecular complexity index is 802. The number of carbonyl (C=O) groups excluding carboxylic acids is 1. The van der Waals surface area contributed by atoms with Crippen molar-refractivity contribution >= 4 is 23.1 Å². The molecule has 1 aliphatic heterocycles. The van der Waals surface area contributed by atoms with Gasteiger partial charge in [0.2, 0.25) is 5.91 Å². The molecule has 0 spiro atoms. The van der Waals surface area contributed by atoms with E-state index >= 15 is 0 Å². The van der Waals surface area contributed by atoms with Gasteiger partial charge in [-0.25, -0.2) is 4.98 Å². The second kappa shape index (κ2) is 6.96. The van der Waals surface area contributed by atoms with Crippen LogP contribution in [-0.4, -0.2) is 36.2 Å². The number of likely N-dealkylation sites (N-methyl/N-ethyl adjacent to an activating group) is 1. The van der Waals surface area contributed by atoms with Gasteiger partial charge in [0.1, 0.15) is 5.82 Å². The van der Waals surface area contributed by atoms with E-state index in [0.717, 1.165) is 28.3 Å². The van der Waals surface area contributed by atoms with Crippen LogP contribution < -0.4 is 15.5 Å². The Morgan fingerprint density at radius 1 is 1.31 bits per heavy atom. The van der Waals surface area contributed by atoms with Gasteiger partial charge in [-0.1, -0.05) is 12.1 Å². The van der Waals surface area contributed by atoms with Crippen molar-refractivity contribution in [2.24, 2.45) is 0 Å². The van der Waals surface area contributed by atoms with Crippen molar-refractivity contribution in [3.05, 3.63) is 47.7 Å². The molecule has 2 heterocycles. The summed E-state index contributed by atoms with van der Waals surface area (Å²) in [6.45, 7) is 6.65. The van der Waals surface area contributed by atoms with E-state index in [9.17, 15) is 4.79 Å². The maximum atomic E-state index is 12.1. The molecular weight excluding hydrogens is 328 g/mol. The Labute approximate surface area is 154 Å². The van der Waals surface area contributed by atoms with Crippen LogP contribution in [0.15, 0.2) is 36.5 Å². The Balaban J connectivity index is 1.74. The van der Waals surface area contributed by atoms with Crippen LogP contribution in [0.3, 0.4) is 0 Å². The lowest BCUT2D eigenvalue weighted by atomic mass is 9.85. The zero-order valence-corrected chi connectivity index (χ0v) is 15.7. The van der Waals surface area contributed by atoms with Crippen molar-refractivity contribution in [3.63, 3.8) is 0 Å². The third-order valence-corrected chi connectivity index (χ3v) is 5.02. The number of hydrogen-bond acceptors (Lipinski definition) is 5. The van der Waals surface area contributed by atoms with Crippen LogP contribution in [-0.2, 0) is 10.2 Å². The topological polar surface area (TPSA) is 77.5 Å². The molecule has 0 radical (unpaired) electrons. The maximum Gasteiger partial charge on any atom is 0.234 e. The first-order valence-electron chi connectivity index (χ1n) is 8.83. The molecule has 138 valence electrons. The Hall–Kier alpha value is -2.60. The predicted molar refractivity (Wildman–Crippen MR) is 105 cm³/mol. The smallest absolute Gasteiger partial charge is 0.234 e. The molecule has 6 heteroatoms. The summed E-state index contributed by atoms with van der Waals surface area (Å²) in [6, 6.07) is 10.1. The van der Waals surface area contributed by atoms with Gasteiger partial charge in [-0.2, -0.15) is 0 Å². The highest BCUT2D eigenvalue weighted by atomic mass is 16.3. The van der Waals surface area contributed by atoms with Crippen LogP contribution >= 0.6 is 0 Å². The quantitative estimate of drug-likeness (QED) is 0.743. The summed E-state index contributed by atoms with van der Waals surface area (Å²) in [5.41, 5.74) is 3.48. The van der Waals surface area contributed by atoms with Crippen LogP contribution in [0, 0.1) is 0 Å². The molecular formula is C20H26N4O2. The van der Waals surface area contributed by atoms with E-state index in [4.69, 9.17) is 5.11 Å². The minimum absolute atomic E-state index is 0.0366. The van der Waals surface area contributed by atoms with Gasteiger partial charge < -0.3 is 20.6 Å². The summed E-state index contributed by atoms with van der Waals surface area (Å²) < 4.78 is 0. The first-order valence-corrected chi connectivity index (χ1v) is 8.83. The molecule has 1 aromatic heterocycles. The third-order valence-electron chi connectivity index (χ3n) is 5.02. The monoisotopic (exact) mass is 354 g/mol. The van der Waals surface area contributed by atoms with Crippen molar-refractivity contribution in [1.29, 1.82) is 0 Å². The lowest BCUT2D eigenvalue weighted by Gasteiger charge is -2.20. The van der Waals surface area contributed by atoms with Crippen LogP contribution in [0.5, 0.6) is 0 Å². The lowest BCUT2D eigenvalue weighted by molar-refractivity contribution is -0.119. The van der Waals surface area contributed by atoms with E-state index in [1.807, 2.05) is 50.1 Å². The fourth-order valence-electron chi connectivity index (χ4n) is 3.14. The lowest BCUT2D eigenvalue weighted by Crippen LogP contribution is -2.27. The van der Waals surface area contributed by atoms with Crippen LogP contribution in [0.1, 0.15) is 37.9 Å². The van der Waals surface area contributed by atoms with Crippen molar-refractivity contribution in [2.75, 3.05) is 35.7 Å². The van der Waals surface area contributed by atoms with E-state index < -0.39 is 5.41 Å². The van der Waals surface area contributed by atoms with Gasteiger partial charge in [0.05, 0.1) is 23.9 Å². The molecule has 0 aliphatic carbocycles. The summed E-state index contributed by atoms with van der Waals surface area (Å²) in [5, 5.41) is 15.4. The van der Waals surface area contributed by atoms with Gasteiger partial charge in [0, 0.05) is 25.3 Å².